The molecule has 2 aromatic rings. The number of likely N-dealkylation sites (tertiary alicyclic amines) is 1. The average Bonchev–Trinajstić information content (AvgIpc) is 3.36. The number of nitrogen functional groups attached to an aromatic ring is 1. The zero-order valence-corrected chi connectivity index (χ0v) is 14.9. The quantitative estimate of drug-likeness (QED) is 0.894. The third-order valence-electron chi connectivity index (χ3n) is 5.19. The zero-order valence-electron chi connectivity index (χ0n) is 14.0. The molecule has 0 spiro atoms. The number of nitrogens with one attached hydrogen (secondary N) is 1. The molecule has 0 radical (unpaired) electrons. The van der Waals surface area contributed by atoms with E-state index in [-0.39, 0.29) is 5.91 Å². The highest BCUT2D eigenvalue weighted by Gasteiger charge is 2.31. The first-order chi connectivity index (χ1) is 11.7. The predicted molar refractivity (Wildman–Crippen MR) is 98.3 cm³/mol. The number of pyridine rings is 1. The number of nitrogens with zero attached hydrogens (tertiary/aromatic N) is 2. The largest absolute Gasteiger partial charge is 0.397 e. The molecule has 1 aliphatic carbocycles. The first-order valence-corrected chi connectivity index (χ1v) is 9.64. The molecule has 128 valence electrons. The lowest BCUT2D eigenvalue weighted by molar-refractivity contribution is 0.0968. The number of hydrogen-bond acceptors (Lipinski definition) is 5. The van der Waals surface area contributed by atoms with Gasteiger partial charge < -0.3 is 11.1 Å². The molecule has 24 heavy (non-hydrogen) atoms. The molecule has 1 saturated carbocycles. The zero-order chi connectivity index (χ0) is 16.7. The molecule has 1 aliphatic heterocycles. The van der Waals surface area contributed by atoms with Gasteiger partial charge in [-0.1, -0.05) is 6.42 Å². The van der Waals surface area contributed by atoms with Crippen molar-refractivity contribution in [3.8, 4) is 0 Å². The topological polar surface area (TPSA) is 71.2 Å². The van der Waals surface area contributed by atoms with Gasteiger partial charge in [-0.3, -0.25) is 9.69 Å². The van der Waals surface area contributed by atoms with E-state index in [1.54, 1.807) is 7.05 Å². The van der Waals surface area contributed by atoms with E-state index in [0.717, 1.165) is 21.8 Å². The molecule has 1 saturated heterocycles. The molecule has 2 fully saturated rings. The van der Waals surface area contributed by atoms with Crippen LogP contribution >= 0.6 is 11.3 Å². The van der Waals surface area contributed by atoms with Gasteiger partial charge in [0.2, 0.25) is 0 Å². The fraction of sp³-hybridized carbons (Fsp3) is 0.556. The van der Waals surface area contributed by atoms with Crippen molar-refractivity contribution >= 4 is 33.1 Å². The highest BCUT2D eigenvalue weighted by atomic mass is 32.1. The van der Waals surface area contributed by atoms with E-state index in [4.69, 9.17) is 10.7 Å². The molecule has 1 amide bonds. The van der Waals surface area contributed by atoms with Crippen LogP contribution in [0.4, 0.5) is 5.69 Å². The van der Waals surface area contributed by atoms with Gasteiger partial charge in [-0.25, -0.2) is 4.98 Å². The van der Waals surface area contributed by atoms with Crippen molar-refractivity contribution in [3.05, 3.63) is 22.7 Å². The molecule has 0 unspecified atom stereocenters. The lowest BCUT2D eigenvalue weighted by atomic mass is 9.98. The third-order valence-corrected chi connectivity index (χ3v) is 6.31. The Kier molecular flexibility index (Phi) is 4.18. The molecule has 3 N–H and O–H groups in total. The minimum atomic E-state index is -0.134. The Morgan fingerprint density at radius 3 is 2.96 bits per heavy atom. The standard InChI is InChI=1S/C18H24N4OS/c1-20-17(23)16-15(19)12-7-8-13(21-18(12)24-16)14-4-2-3-9-22(14)10-11-5-6-11/h7-8,11,14H,2-6,9-10,19H2,1H3,(H,20,23)/t14-/m1/s1. The molecule has 0 aromatic carbocycles. The van der Waals surface area contributed by atoms with Gasteiger partial charge in [0, 0.05) is 19.0 Å². The van der Waals surface area contributed by atoms with Crippen LogP contribution in [0, 0.1) is 5.92 Å². The van der Waals surface area contributed by atoms with Crippen LogP contribution in [0.2, 0.25) is 0 Å². The minimum Gasteiger partial charge on any atom is -0.397 e. The molecular weight excluding hydrogens is 320 g/mol. The van der Waals surface area contributed by atoms with Crippen LogP contribution in [0.15, 0.2) is 12.1 Å². The number of nitrogens with two attached hydrogens (primary N) is 1. The SMILES string of the molecule is CNC(=O)c1sc2nc([C@H]3CCCCN3CC3CC3)ccc2c1N. The highest BCUT2D eigenvalue weighted by molar-refractivity contribution is 7.21. The molecule has 2 aliphatic rings. The highest BCUT2D eigenvalue weighted by Crippen LogP contribution is 2.38. The van der Waals surface area contributed by atoms with Gasteiger partial charge in [0.1, 0.15) is 9.71 Å². The van der Waals surface area contributed by atoms with Crippen LogP contribution in [-0.4, -0.2) is 35.9 Å². The van der Waals surface area contributed by atoms with Gasteiger partial charge in [0.05, 0.1) is 17.4 Å². The lowest BCUT2D eigenvalue weighted by Crippen LogP contribution is -2.35. The Hall–Kier alpha value is -1.66. The molecule has 4 rings (SSSR count). The van der Waals surface area contributed by atoms with E-state index >= 15 is 0 Å². The maximum Gasteiger partial charge on any atom is 0.263 e. The Labute approximate surface area is 146 Å². The van der Waals surface area contributed by atoms with Gasteiger partial charge in [-0.2, -0.15) is 0 Å². The third kappa shape index (κ3) is 2.89. The summed E-state index contributed by atoms with van der Waals surface area (Å²) in [5.74, 6) is 0.761. The number of thiophene rings is 1. The summed E-state index contributed by atoms with van der Waals surface area (Å²) in [5, 5.41) is 3.55. The van der Waals surface area contributed by atoms with Gasteiger partial charge in [-0.05, 0) is 50.3 Å². The van der Waals surface area contributed by atoms with Crippen molar-refractivity contribution in [1.82, 2.24) is 15.2 Å². The summed E-state index contributed by atoms with van der Waals surface area (Å²) in [5.41, 5.74) is 7.82. The van der Waals surface area contributed by atoms with Crippen LogP contribution in [0.25, 0.3) is 10.2 Å². The van der Waals surface area contributed by atoms with Crippen LogP contribution in [0.1, 0.15) is 53.5 Å². The number of fused-ring (bicyclic) bond motifs is 1. The van der Waals surface area contributed by atoms with E-state index < -0.39 is 0 Å². The van der Waals surface area contributed by atoms with Crippen LogP contribution in [-0.2, 0) is 0 Å². The molecular formula is C18H24N4OS. The molecule has 1 atom stereocenters. The second-order valence-electron chi connectivity index (χ2n) is 6.96. The summed E-state index contributed by atoms with van der Waals surface area (Å²) in [6.07, 6.45) is 6.49. The molecule has 0 bridgehead atoms. The van der Waals surface area contributed by atoms with Crippen LogP contribution in [0.5, 0.6) is 0 Å². The maximum atomic E-state index is 12.0. The number of anilines is 1. The van der Waals surface area contributed by atoms with E-state index in [2.05, 4.69) is 16.3 Å². The fourth-order valence-corrected chi connectivity index (χ4v) is 4.70. The average molecular weight is 344 g/mol. The number of aromatic nitrogens is 1. The van der Waals surface area contributed by atoms with Crippen molar-refractivity contribution < 1.29 is 4.79 Å². The number of hydrogen-bond donors (Lipinski definition) is 2. The summed E-state index contributed by atoms with van der Waals surface area (Å²) in [4.78, 5) is 20.9. The first kappa shape index (κ1) is 15.8. The second kappa shape index (κ2) is 6.33. The summed E-state index contributed by atoms with van der Waals surface area (Å²) < 4.78 is 0. The van der Waals surface area contributed by atoms with Crippen molar-refractivity contribution in [1.29, 1.82) is 0 Å². The van der Waals surface area contributed by atoms with Gasteiger partial charge in [-0.15, -0.1) is 11.3 Å². The normalized spacial score (nSPS) is 22.0. The Bertz CT molecular complexity index is 768. The second-order valence-corrected chi connectivity index (χ2v) is 7.96. The summed E-state index contributed by atoms with van der Waals surface area (Å²) in [6, 6.07) is 4.56. The number of amides is 1. The molecule has 2 aromatic heterocycles. The molecule has 6 heteroatoms. The molecule has 3 heterocycles. The van der Waals surface area contributed by atoms with Crippen molar-refractivity contribution in [2.24, 2.45) is 5.92 Å². The van der Waals surface area contributed by atoms with Crippen LogP contribution < -0.4 is 11.1 Å². The Balaban J connectivity index is 1.66. The predicted octanol–water partition coefficient (Wildman–Crippen LogP) is 3.18. The monoisotopic (exact) mass is 344 g/mol. The van der Waals surface area contributed by atoms with Crippen molar-refractivity contribution in [3.63, 3.8) is 0 Å². The minimum absolute atomic E-state index is 0.134. The molecule has 5 nitrogen and oxygen atoms in total. The maximum absolute atomic E-state index is 12.0. The van der Waals surface area contributed by atoms with E-state index in [9.17, 15) is 4.79 Å². The number of rotatable bonds is 4. The Morgan fingerprint density at radius 1 is 1.38 bits per heavy atom. The van der Waals surface area contributed by atoms with Gasteiger partial charge in [0.15, 0.2) is 0 Å². The van der Waals surface area contributed by atoms with Crippen LogP contribution in [0.3, 0.4) is 0 Å². The summed E-state index contributed by atoms with van der Waals surface area (Å²) in [6.45, 7) is 2.39. The first-order valence-electron chi connectivity index (χ1n) is 8.82. The smallest absolute Gasteiger partial charge is 0.263 e. The van der Waals surface area contributed by atoms with Crippen molar-refractivity contribution in [2.45, 2.75) is 38.1 Å². The number of carbonyl (C=O) groups excluding carboxylic acids is 1. The summed E-state index contributed by atoms with van der Waals surface area (Å²) >= 11 is 1.40. The lowest BCUT2D eigenvalue weighted by Gasteiger charge is -2.35. The van der Waals surface area contributed by atoms with E-state index in [1.165, 1.54) is 56.5 Å². The van der Waals surface area contributed by atoms with Crippen molar-refractivity contribution in [2.75, 3.05) is 25.9 Å². The fourth-order valence-electron chi connectivity index (χ4n) is 3.66. The van der Waals surface area contributed by atoms with Gasteiger partial charge >= 0.3 is 0 Å². The number of carbonyl (C=O) groups is 1. The number of piperidine rings is 1. The van der Waals surface area contributed by atoms with E-state index in [0.29, 0.717) is 16.6 Å². The Morgan fingerprint density at radius 2 is 2.21 bits per heavy atom. The summed E-state index contributed by atoms with van der Waals surface area (Å²) in [7, 11) is 1.63. The van der Waals surface area contributed by atoms with E-state index in [1.807, 2.05) is 6.07 Å². The van der Waals surface area contributed by atoms with Gasteiger partial charge in [0.25, 0.3) is 5.91 Å².